The van der Waals surface area contributed by atoms with Crippen molar-refractivity contribution in [3.8, 4) is 5.75 Å². The molecule has 1 saturated heterocycles. The Morgan fingerprint density at radius 2 is 1.59 bits per heavy atom. The number of aromatic nitrogens is 2. The highest BCUT2D eigenvalue weighted by Gasteiger charge is 2.31. The summed E-state index contributed by atoms with van der Waals surface area (Å²) in [6, 6.07) is 20.3. The van der Waals surface area contributed by atoms with Crippen molar-refractivity contribution in [3.05, 3.63) is 84.4 Å². The van der Waals surface area contributed by atoms with Crippen LogP contribution in [0.4, 0.5) is 15.9 Å². The fourth-order valence-corrected chi connectivity index (χ4v) is 5.86. The van der Waals surface area contributed by atoms with E-state index in [1.807, 2.05) is 55.5 Å². The minimum absolute atomic E-state index is 0.0995. The number of nitrogens with zero attached hydrogens (tertiary/aromatic N) is 4. The molecule has 192 valence electrons. The summed E-state index contributed by atoms with van der Waals surface area (Å²) in [5.74, 6) is 1.67. The highest BCUT2D eigenvalue weighted by molar-refractivity contribution is 7.89. The van der Waals surface area contributed by atoms with Crippen LogP contribution in [-0.2, 0) is 10.0 Å². The number of piperazine rings is 1. The highest BCUT2D eigenvalue weighted by atomic mass is 32.2. The van der Waals surface area contributed by atoms with E-state index in [4.69, 9.17) is 14.7 Å². The second-order valence-corrected chi connectivity index (χ2v) is 10.8. The Balaban J connectivity index is 1.35. The zero-order chi connectivity index (χ0) is 26.0. The smallest absolute Gasteiger partial charge is 0.243 e. The van der Waals surface area contributed by atoms with Gasteiger partial charge in [-0.05, 0) is 67.6 Å². The van der Waals surface area contributed by atoms with Gasteiger partial charge in [0.05, 0.1) is 23.6 Å². The third-order valence-electron chi connectivity index (χ3n) is 6.62. The van der Waals surface area contributed by atoms with Crippen molar-refractivity contribution in [1.82, 2.24) is 19.2 Å². The summed E-state index contributed by atoms with van der Waals surface area (Å²) in [4.78, 5) is 12.0. The Labute approximate surface area is 215 Å². The van der Waals surface area contributed by atoms with Crippen LogP contribution in [0, 0.1) is 5.82 Å². The van der Waals surface area contributed by atoms with Gasteiger partial charge >= 0.3 is 0 Å². The van der Waals surface area contributed by atoms with Gasteiger partial charge in [-0.25, -0.2) is 22.8 Å². The van der Waals surface area contributed by atoms with Crippen LogP contribution in [0.15, 0.2) is 77.7 Å². The van der Waals surface area contributed by atoms with Gasteiger partial charge in [0, 0.05) is 37.3 Å². The number of halogens is 1. The molecule has 4 aromatic rings. The summed E-state index contributed by atoms with van der Waals surface area (Å²) >= 11 is 0. The quantitative estimate of drug-likeness (QED) is 0.381. The molecule has 0 saturated carbocycles. The van der Waals surface area contributed by atoms with Gasteiger partial charge in [0.25, 0.3) is 0 Å². The van der Waals surface area contributed by atoms with E-state index in [9.17, 15) is 12.8 Å². The molecule has 0 aliphatic carbocycles. The van der Waals surface area contributed by atoms with Crippen molar-refractivity contribution in [2.45, 2.75) is 17.9 Å². The molecule has 1 aliphatic heterocycles. The Kier molecular flexibility index (Phi) is 7.05. The second-order valence-electron chi connectivity index (χ2n) is 8.87. The molecule has 0 unspecified atom stereocenters. The zero-order valence-corrected chi connectivity index (χ0v) is 21.5. The maximum Gasteiger partial charge on any atom is 0.243 e. The van der Waals surface area contributed by atoms with Gasteiger partial charge in [-0.2, -0.15) is 4.31 Å². The number of ether oxygens (including phenoxy) is 1. The summed E-state index contributed by atoms with van der Waals surface area (Å²) in [5, 5.41) is 4.31. The number of methoxy groups -OCH3 is 1. The van der Waals surface area contributed by atoms with E-state index >= 15 is 0 Å². The Hall–Kier alpha value is -3.60. The van der Waals surface area contributed by atoms with Crippen molar-refractivity contribution in [2.75, 3.05) is 38.6 Å². The molecule has 1 aliphatic rings. The summed E-state index contributed by atoms with van der Waals surface area (Å²) in [6.45, 7) is 3.74. The number of hydrogen-bond acceptors (Lipinski definition) is 7. The third kappa shape index (κ3) is 5.27. The molecule has 2 heterocycles. The van der Waals surface area contributed by atoms with Crippen LogP contribution in [-0.4, -0.2) is 60.9 Å². The summed E-state index contributed by atoms with van der Waals surface area (Å²) < 4.78 is 45.9. The van der Waals surface area contributed by atoms with Crippen molar-refractivity contribution in [2.24, 2.45) is 0 Å². The molecule has 0 radical (unpaired) electrons. The lowest BCUT2D eigenvalue weighted by atomic mass is 10.2. The highest BCUT2D eigenvalue weighted by Crippen LogP contribution is 2.29. The lowest BCUT2D eigenvalue weighted by molar-refractivity contribution is 0.141. The minimum atomic E-state index is -3.68. The average molecular weight is 522 g/mol. The van der Waals surface area contributed by atoms with Gasteiger partial charge in [0.15, 0.2) is 0 Å². The second kappa shape index (κ2) is 10.4. The van der Waals surface area contributed by atoms with Crippen LogP contribution >= 0.6 is 0 Å². The van der Waals surface area contributed by atoms with E-state index in [-0.39, 0.29) is 10.9 Å². The first-order valence-corrected chi connectivity index (χ1v) is 13.5. The molecule has 0 bridgehead atoms. The number of nitrogens with one attached hydrogen (secondary N) is 1. The largest absolute Gasteiger partial charge is 0.497 e. The number of hydrogen-bond donors (Lipinski definition) is 1. The number of sulfonamides is 1. The maximum atomic E-state index is 13.3. The molecule has 5 rings (SSSR count). The van der Waals surface area contributed by atoms with E-state index in [0.29, 0.717) is 37.8 Å². The summed E-state index contributed by atoms with van der Waals surface area (Å²) in [7, 11) is -2.05. The van der Waals surface area contributed by atoms with E-state index in [2.05, 4.69) is 10.2 Å². The monoisotopic (exact) mass is 521 g/mol. The molecule has 0 amide bonds. The van der Waals surface area contributed by atoms with E-state index in [1.54, 1.807) is 7.11 Å². The van der Waals surface area contributed by atoms with Gasteiger partial charge in [-0.3, -0.25) is 4.90 Å². The van der Waals surface area contributed by atoms with Gasteiger partial charge in [0.1, 0.15) is 23.2 Å². The maximum absolute atomic E-state index is 13.3. The Morgan fingerprint density at radius 3 is 2.27 bits per heavy atom. The molecule has 8 nitrogen and oxygen atoms in total. The summed E-state index contributed by atoms with van der Waals surface area (Å²) in [6.07, 6.45) is 0. The van der Waals surface area contributed by atoms with Gasteiger partial charge in [0.2, 0.25) is 10.0 Å². The van der Waals surface area contributed by atoms with Gasteiger partial charge in [-0.15, -0.1) is 0 Å². The predicted octanol–water partition coefficient (Wildman–Crippen LogP) is 4.59. The van der Waals surface area contributed by atoms with Crippen LogP contribution in [0.3, 0.4) is 0 Å². The first-order chi connectivity index (χ1) is 17.8. The van der Waals surface area contributed by atoms with Crippen molar-refractivity contribution in [3.63, 3.8) is 0 Å². The third-order valence-corrected chi connectivity index (χ3v) is 8.53. The molecular weight excluding hydrogens is 493 g/mol. The molecule has 3 aromatic carbocycles. The van der Waals surface area contributed by atoms with E-state index in [1.165, 1.54) is 28.6 Å². The van der Waals surface area contributed by atoms with Crippen LogP contribution in [0.1, 0.15) is 18.8 Å². The lowest BCUT2D eigenvalue weighted by Crippen LogP contribution is -2.49. The molecule has 1 aromatic heterocycles. The normalized spacial score (nSPS) is 16.0. The van der Waals surface area contributed by atoms with Crippen LogP contribution in [0.25, 0.3) is 10.9 Å². The summed E-state index contributed by atoms with van der Waals surface area (Å²) in [5.41, 5.74) is 1.70. The van der Waals surface area contributed by atoms with E-state index in [0.717, 1.165) is 22.3 Å². The molecule has 0 spiro atoms. The van der Waals surface area contributed by atoms with Crippen molar-refractivity contribution < 1.29 is 17.5 Å². The first-order valence-electron chi connectivity index (χ1n) is 12.0. The van der Waals surface area contributed by atoms with E-state index < -0.39 is 15.8 Å². The number of rotatable bonds is 7. The SMILES string of the molecule is COc1ccc(Nc2nc([C@@H](C)N3CCN(S(=O)(=O)c4ccc(F)cc4)CC3)nc3ccccc23)cc1. The standard InChI is InChI=1S/C27H28FN5O3S/c1-19(32-15-17-33(18-16-32)37(34,35)23-13-7-20(28)8-14-23)26-30-25-6-4-3-5-24(25)27(31-26)29-21-9-11-22(36-2)12-10-21/h3-14,19H,15-18H2,1-2H3,(H,29,30,31)/t19-/m1/s1. The molecule has 1 atom stereocenters. The molecule has 1 N–H and O–H groups in total. The zero-order valence-electron chi connectivity index (χ0n) is 20.6. The fraction of sp³-hybridized carbons (Fsp3) is 0.259. The molecular formula is C27H28FN5O3S. The van der Waals surface area contributed by atoms with Gasteiger partial charge in [-0.1, -0.05) is 12.1 Å². The van der Waals surface area contributed by atoms with Crippen LogP contribution in [0.2, 0.25) is 0 Å². The molecule has 37 heavy (non-hydrogen) atoms. The Bertz CT molecular complexity index is 1490. The Morgan fingerprint density at radius 1 is 0.919 bits per heavy atom. The number of fused-ring (bicyclic) bond motifs is 1. The molecule has 10 heteroatoms. The number of para-hydroxylation sites is 1. The fourth-order valence-electron chi connectivity index (χ4n) is 4.44. The minimum Gasteiger partial charge on any atom is -0.497 e. The predicted molar refractivity (Wildman–Crippen MR) is 141 cm³/mol. The molecule has 1 fully saturated rings. The lowest BCUT2D eigenvalue weighted by Gasteiger charge is -2.36. The average Bonchev–Trinajstić information content (AvgIpc) is 2.93. The van der Waals surface area contributed by atoms with Crippen LogP contribution in [0.5, 0.6) is 5.75 Å². The van der Waals surface area contributed by atoms with Crippen molar-refractivity contribution in [1.29, 1.82) is 0 Å². The van der Waals surface area contributed by atoms with Crippen molar-refractivity contribution >= 4 is 32.4 Å². The van der Waals surface area contributed by atoms with Crippen LogP contribution < -0.4 is 10.1 Å². The van der Waals surface area contributed by atoms with Gasteiger partial charge < -0.3 is 10.1 Å². The first kappa shape index (κ1) is 25.1. The number of benzene rings is 3. The number of anilines is 2. The topological polar surface area (TPSA) is 87.7 Å².